The largest absolute Gasteiger partial charge is 0.351 e. The minimum Gasteiger partial charge on any atom is -0.351 e. The number of aromatic nitrogens is 2. The van der Waals surface area contributed by atoms with E-state index in [1.165, 1.54) is 32.1 Å². The normalized spacial score (nSPS) is 24.3. The molecular formula is C35H42Cl3N3O. The molecule has 2 aromatic carbocycles. The van der Waals surface area contributed by atoms with Crippen LogP contribution in [0.25, 0.3) is 16.9 Å². The average molecular weight is 627 g/mol. The highest BCUT2D eigenvalue weighted by atomic mass is 35.5. The molecule has 0 spiro atoms. The Morgan fingerprint density at radius 2 is 1.45 bits per heavy atom. The van der Waals surface area contributed by atoms with Crippen LogP contribution in [-0.2, 0) is 0 Å². The number of rotatable bonds is 12. The van der Waals surface area contributed by atoms with Gasteiger partial charge < -0.3 is 5.32 Å². The zero-order valence-corrected chi connectivity index (χ0v) is 26.8. The van der Waals surface area contributed by atoms with Crippen molar-refractivity contribution in [2.45, 2.75) is 84.0 Å². The molecule has 42 heavy (non-hydrogen) atoms. The Morgan fingerprint density at radius 1 is 0.833 bits per heavy atom. The second-order valence-corrected chi connectivity index (χ2v) is 14.4. The number of nitrogens with one attached hydrogen (secondary N) is 1. The van der Waals surface area contributed by atoms with Crippen LogP contribution in [0.15, 0.2) is 42.5 Å². The zero-order chi connectivity index (χ0) is 29.2. The summed E-state index contributed by atoms with van der Waals surface area (Å²) in [4.78, 5) is 13.3. The van der Waals surface area contributed by atoms with Crippen molar-refractivity contribution in [3.8, 4) is 16.9 Å². The molecule has 4 aliphatic rings. The summed E-state index contributed by atoms with van der Waals surface area (Å²) in [6, 6.07) is 12.8. The van der Waals surface area contributed by atoms with Gasteiger partial charge in [-0.25, -0.2) is 4.68 Å². The molecule has 4 bridgehead atoms. The first-order chi connectivity index (χ1) is 20.4. The highest BCUT2D eigenvalue weighted by molar-refractivity contribution is 6.35. The predicted octanol–water partition coefficient (Wildman–Crippen LogP) is 10.3. The summed E-state index contributed by atoms with van der Waals surface area (Å²) in [5.41, 5.74) is 3.56. The number of nitrogens with zero attached hydrogens (tertiary/aromatic N) is 2. The van der Waals surface area contributed by atoms with Gasteiger partial charge in [0.25, 0.3) is 5.91 Å². The van der Waals surface area contributed by atoms with Crippen molar-refractivity contribution >= 4 is 40.7 Å². The molecule has 0 radical (unpaired) electrons. The number of halogens is 3. The van der Waals surface area contributed by atoms with Gasteiger partial charge in [0.1, 0.15) is 0 Å². The van der Waals surface area contributed by atoms with Gasteiger partial charge in [0, 0.05) is 27.7 Å². The van der Waals surface area contributed by atoms with E-state index in [1.807, 2.05) is 37.3 Å². The lowest BCUT2D eigenvalue weighted by Gasteiger charge is -2.54. The Balaban J connectivity index is 0.982. The summed E-state index contributed by atoms with van der Waals surface area (Å²) in [6.45, 7) is 2.58. The van der Waals surface area contributed by atoms with Crippen molar-refractivity contribution < 1.29 is 4.79 Å². The SMILES string of the molecule is Cc1c(C(=O)NCCCCCCCCC2[C@H]3C[C@@H]4C[C@@H](C[C@H]2C4)C3)nn(-c2ccc(Cl)cc2Cl)c1-c1ccc(Cl)cc1. The number of carbonyl (C=O) groups excluding carboxylic acids is 1. The molecule has 0 unspecified atom stereocenters. The van der Waals surface area contributed by atoms with E-state index in [0.29, 0.717) is 33.0 Å². The van der Waals surface area contributed by atoms with Gasteiger partial charge >= 0.3 is 0 Å². The molecule has 4 saturated carbocycles. The average Bonchev–Trinajstić information content (AvgIpc) is 3.30. The molecule has 7 heteroatoms. The van der Waals surface area contributed by atoms with Gasteiger partial charge in [0.15, 0.2) is 5.69 Å². The minimum atomic E-state index is -0.165. The van der Waals surface area contributed by atoms with E-state index < -0.39 is 0 Å². The number of carbonyl (C=O) groups is 1. The van der Waals surface area contributed by atoms with Crippen molar-refractivity contribution in [3.63, 3.8) is 0 Å². The topological polar surface area (TPSA) is 46.9 Å². The van der Waals surface area contributed by atoms with Crippen LogP contribution in [0.4, 0.5) is 0 Å². The van der Waals surface area contributed by atoms with Crippen molar-refractivity contribution in [3.05, 3.63) is 68.8 Å². The maximum Gasteiger partial charge on any atom is 0.272 e. The van der Waals surface area contributed by atoms with Crippen LogP contribution >= 0.6 is 34.8 Å². The van der Waals surface area contributed by atoms with Crippen molar-refractivity contribution in [1.82, 2.24) is 15.1 Å². The highest BCUT2D eigenvalue weighted by Gasteiger charge is 2.47. The molecule has 1 N–H and O–H groups in total. The third-order valence-electron chi connectivity index (χ3n) is 10.3. The molecule has 1 heterocycles. The minimum absolute atomic E-state index is 0.165. The molecule has 224 valence electrons. The molecule has 3 aromatic rings. The third kappa shape index (κ3) is 6.56. The molecule has 0 aliphatic heterocycles. The molecule has 1 amide bonds. The van der Waals surface area contributed by atoms with Gasteiger partial charge in [-0.15, -0.1) is 0 Å². The molecule has 7 rings (SSSR count). The Bertz CT molecular complexity index is 1370. The lowest BCUT2D eigenvalue weighted by atomic mass is 9.51. The summed E-state index contributed by atoms with van der Waals surface area (Å²) in [5, 5.41) is 9.48. The standard InChI is InChI=1S/C35H42Cl3N3O/c1-22-33(40-41(32-14-13-29(37)21-31(32)38)34(22)25-9-11-28(36)12-10-25)35(42)39-15-7-5-3-2-4-6-8-30-26-17-23-16-24(19-26)20-27(30)18-23/h9-14,21,23-24,26-27,30H,2-8,15-20H2,1H3,(H,39,42)/t23-,24+,26-,27+,30?. The molecule has 4 nitrogen and oxygen atoms in total. The summed E-state index contributed by atoms with van der Waals surface area (Å²) < 4.78 is 1.73. The summed E-state index contributed by atoms with van der Waals surface area (Å²) in [6.07, 6.45) is 16.6. The van der Waals surface area contributed by atoms with Crippen LogP contribution in [0.2, 0.25) is 15.1 Å². The monoisotopic (exact) mass is 625 g/mol. The zero-order valence-electron chi connectivity index (χ0n) is 24.6. The molecule has 0 atom stereocenters. The Hall–Kier alpha value is -2.01. The van der Waals surface area contributed by atoms with Gasteiger partial charge in [-0.05, 0) is 112 Å². The van der Waals surface area contributed by atoms with E-state index in [1.54, 1.807) is 48.9 Å². The fraction of sp³-hybridized carbons (Fsp3) is 0.543. The molecule has 0 saturated heterocycles. The number of unbranched alkanes of at least 4 members (excludes halogenated alkanes) is 5. The highest BCUT2D eigenvalue weighted by Crippen LogP contribution is 2.57. The van der Waals surface area contributed by atoms with Crippen molar-refractivity contribution in [1.29, 1.82) is 0 Å². The maximum atomic E-state index is 13.3. The Labute approximate surface area is 265 Å². The van der Waals surface area contributed by atoms with Gasteiger partial charge in [0.2, 0.25) is 0 Å². The first-order valence-corrected chi connectivity index (χ1v) is 17.1. The van der Waals surface area contributed by atoms with Gasteiger partial charge in [-0.1, -0.05) is 79.0 Å². The lowest BCUT2D eigenvalue weighted by molar-refractivity contribution is -0.0404. The van der Waals surface area contributed by atoms with Gasteiger partial charge in [-0.3, -0.25) is 4.79 Å². The molecular weight excluding hydrogens is 585 g/mol. The van der Waals surface area contributed by atoms with E-state index in [4.69, 9.17) is 39.9 Å². The first kappa shape index (κ1) is 30.0. The number of amides is 1. The summed E-state index contributed by atoms with van der Waals surface area (Å²) >= 11 is 18.8. The second-order valence-electron chi connectivity index (χ2n) is 13.1. The number of hydrogen-bond donors (Lipinski definition) is 1. The van der Waals surface area contributed by atoms with E-state index in [-0.39, 0.29) is 5.91 Å². The predicted molar refractivity (Wildman–Crippen MR) is 174 cm³/mol. The van der Waals surface area contributed by atoms with Crippen LogP contribution in [0.5, 0.6) is 0 Å². The smallest absolute Gasteiger partial charge is 0.272 e. The maximum absolute atomic E-state index is 13.3. The van der Waals surface area contributed by atoms with Crippen LogP contribution in [0, 0.1) is 36.5 Å². The number of benzene rings is 2. The van der Waals surface area contributed by atoms with Gasteiger partial charge in [0.05, 0.1) is 16.4 Å². The van der Waals surface area contributed by atoms with Crippen LogP contribution < -0.4 is 5.32 Å². The van der Waals surface area contributed by atoms with E-state index in [9.17, 15) is 4.79 Å². The van der Waals surface area contributed by atoms with Crippen LogP contribution in [0.3, 0.4) is 0 Å². The van der Waals surface area contributed by atoms with E-state index in [0.717, 1.165) is 59.3 Å². The second kappa shape index (κ2) is 13.3. The third-order valence-corrected chi connectivity index (χ3v) is 11.1. The quantitative estimate of drug-likeness (QED) is 0.203. The fourth-order valence-electron chi connectivity index (χ4n) is 8.49. The van der Waals surface area contributed by atoms with Crippen LogP contribution in [0.1, 0.15) is 93.1 Å². The first-order valence-electron chi connectivity index (χ1n) is 16.0. The van der Waals surface area contributed by atoms with Crippen molar-refractivity contribution in [2.24, 2.45) is 29.6 Å². The summed E-state index contributed by atoms with van der Waals surface area (Å²) in [7, 11) is 0. The molecule has 1 aromatic heterocycles. The van der Waals surface area contributed by atoms with Crippen LogP contribution in [-0.4, -0.2) is 22.2 Å². The Kier molecular flexibility index (Phi) is 9.53. The molecule has 4 aliphatic carbocycles. The van der Waals surface area contributed by atoms with Gasteiger partial charge in [-0.2, -0.15) is 5.10 Å². The van der Waals surface area contributed by atoms with E-state index >= 15 is 0 Å². The number of hydrogen-bond acceptors (Lipinski definition) is 2. The Morgan fingerprint density at radius 3 is 2.12 bits per heavy atom. The van der Waals surface area contributed by atoms with Crippen molar-refractivity contribution in [2.75, 3.05) is 6.54 Å². The van der Waals surface area contributed by atoms with E-state index in [2.05, 4.69) is 5.32 Å². The fourth-order valence-corrected chi connectivity index (χ4v) is 9.11. The lowest BCUT2D eigenvalue weighted by Crippen LogP contribution is -2.44. The summed E-state index contributed by atoms with van der Waals surface area (Å²) in [5.74, 6) is 5.15. The molecule has 4 fully saturated rings.